The van der Waals surface area contributed by atoms with Crippen LogP contribution in [-0.2, 0) is 6.42 Å². The molecular weight excluding hydrogens is 362 g/mol. The molecule has 0 unspecified atom stereocenters. The molecule has 2 aromatic carbocycles. The summed E-state index contributed by atoms with van der Waals surface area (Å²) in [7, 11) is 3.20. The highest BCUT2D eigenvalue weighted by Gasteiger charge is 2.30. The standard InChI is InChI=1S/C22H20F2N2O2/c1-27-15-6-7-16-14(10-15)12-20(17-4-3-9-25-22(17)28-2)26-21(16)13-5-8-18(23)19(24)11-13/h3-11,20-21,26H,12H2,1-2H3/t20-,21-/m0/s1. The third-order valence-electron chi connectivity index (χ3n) is 5.10. The summed E-state index contributed by atoms with van der Waals surface area (Å²) in [6, 6.07) is 13.2. The molecule has 0 aliphatic carbocycles. The van der Waals surface area contributed by atoms with Crippen molar-refractivity contribution >= 4 is 0 Å². The van der Waals surface area contributed by atoms with Gasteiger partial charge in [-0.3, -0.25) is 5.32 Å². The number of aromatic nitrogens is 1. The van der Waals surface area contributed by atoms with Crippen LogP contribution in [0.5, 0.6) is 11.6 Å². The van der Waals surface area contributed by atoms with E-state index in [0.717, 1.165) is 28.5 Å². The van der Waals surface area contributed by atoms with Crippen LogP contribution in [0.3, 0.4) is 0 Å². The summed E-state index contributed by atoms with van der Waals surface area (Å²) < 4.78 is 38.2. The van der Waals surface area contributed by atoms with Gasteiger partial charge in [0, 0.05) is 17.8 Å². The number of benzene rings is 2. The highest BCUT2D eigenvalue weighted by molar-refractivity contribution is 5.46. The lowest BCUT2D eigenvalue weighted by molar-refractivity contribution is 0.371. The molecule has 6 heteroatoms. The monoisotopic (exact) mass is 382 g/mol. The Morgan fingerprint density at radius 1 is 0.964 bits per heavy atom. The zero-order valence-electron chi connectivity index (χ0n) is 15.6. The number of ether oxygens (including phenoxy) is 2. The maximum absolute atomic E-state index is 13.9. The van der Waals surface area contributed by atoms with Gasteiger partial charge in [-0.1, -0.05) is 18.2 Å². The van der Waals surface area contributed by atoms with E-state index in [1.165, 1.54) is 6.07 Å². The molecule has 2 heterocycles. The molecule has 144 valence electrons. The number of pyridine rings is 1. The molecule has 1 aromatic heterocycles. The highest BCUT2D eigenvalue weighted by Crippen LogP contribution is 2.39. The Morgan fingerprint density at radius 2 is 1.82 bits per heavy atom. The largest absolute Gasteiger partial charge is 0.497 e. The van der Waals surface area contributed by atoms with Gasteiger partial charge in [0.2, 0.25) is 5.88 Å². The van der Waals surface area contributed by atoms with Crippen LogP contribution < -0.4 is 14.8 Å². The minimum Gasteiger partial charge on any atom is -0.497 e. The fourth-order valence-corrected chi connectivity index (χ4v) is 3.74. The van der Waals surface area contributed by atoms with Crippen LogP contribution in [-0.4, -0.2) is 19.2 Å². The first-order valence-electron chi connectivity index (χ1n) is 8.97. The molecule has 28 heavy (non-hydrogen) atoms. The Labute approximate surface area is 162 Å². The summed E-state index contributed by atoms with van der Waals surface area (Å²) in [5, 5.41) is 3.55. The number of halogens is 2. The summed E-state index contributed by atoms with van der Waals surface area (Å²) in [6.07, 6.45) is 2.36. The molecule has 3 aromatic rings. The average Bonchev–Trinajstić information content (AvgIpc) is 2.74. The Bertz CT molecular complexity index is 1010. The average molecular weight is 382 g/mol. The molecular formula is C22H20F2N2O2. The fourth-order valence-electron chi connectivity index (χ4n) is 3.74. The molecule has 0 radical (unpaired) electrons. The minimum absolute atomic E-state index is 0.110. The Morgan fingerprint density at radius 3 is 2.57 bits per heavy atom. The number of nitrogens with zero attached hydrogens (tertiary/aromatic N) is 1. The van der Waals surface area contributed by atoms with E-state index in [4.69, 9.17) is 9.47 Å². The van der Waals surface area contributed by atoms with E-state index >= 15 is 0 Å². The van der Waals surface area contributed by atoms with Crippen LogP contribution in [0.15, 0.2) is 54.7 Å². The normalized spacial score (nSPS) is 18.4. The van der Waals surface area contributed by atoms with Gasteiger partial charge in [0.15, 0.2) is 11.6 Å². The lowest BCUT2D eigenvalue weighted by atomic mass is 9.84. The Kier molecular flexibility index (Phi) is 4.96. The van der Waals surface area contributed by atoms with E-state index < -0.39 is 11.6 Å². The molecule has 2 atom stereocenters. The summed E-state index contributed by atoms with van der Waals surface area (Å²) in [4.78, 5) is 4.29. The molecule has 1 aliphatic heterocycles. The second-order valence-electron chi connectivity index (χ2n) is 6.70. The number of fused-ring (bicyclic) bond motifs is 1. The maximum Gasteiger partial charge on any atom is 0.217 e. The predicted molar refractivity (Wildman–Crippen MR) is 102 cm³/mol. The second-order valence-corrected chi connectivity index (χ2v) is 6.70. The first-order chi connectivity index (χ1) is 13.6. The van der Waals surface area contributed by atoms with E-state index in [2.05, 4.69) is 10.3 Å². The molecule has 1 aliphatic rings. The van der Waals surface area contributed by atoms with Crippen molar-refractivity contribution in [3.8, 4) is 11.6 Å². The molecule has 0 fully saturated rings. The topological polar surface area (TPSA) is 43.4 Å². The van der Waals surface area contributed by atoms with Crippen LogP contribution in [0.25, 0.3) is 0 Å². The Balaban J connectivity index is 1.82. The van der Waals surface area contributed by atoms with Gasteiger partial charge in [0.25, 0.3) is 0 Å². The van der Waals surface area contributed by atoms with Gasteiger partial charge < -0.3 is 9.47 Å². The van der Waals surface area contributed by atoms with Crippen molar-refractivity contribution in [2.45, 2.75) is 18.5 Å². The van der Waals surface area contributed by atoms with Crippen molar-refractivity contribution < 1.29 is 18.3 Å². The van der Waals surface area contributed by atoms with Crippen LogP contribution >= 0.6 is 0 Å². The number of hydrogen-bond donors (Lipinski definition) is 1. The molecule has 4 rings (SSSR count). The van der Waals surface area contributed by atoms with Gasteiger partial charge in [-0.05, 0) is 53.4 Å². The maximum atomic E-state index is 13.9. The van der Waals surface area contributed by atoms with Crippen molar-refractivity contribution in [3.63, 3.8) is 0 Å². The lowest BCUT2D eigenvalue weighted by Gasteiger charge is -2.34. The van der Waals surface area contributed by atoms with Crippen molar-refractivity contribution in [2.75, 3.05) is 14.2 Å². The van der Waals surface area contributed by atoms with Gasteiger partial charge in [0.05, 0.1) is 20.3 Å². The van der Waals surface area contributed by atoms with Gasteiger partial charge in [-0.25, -0.2) is 13.8 Å². The van der Waals surface area contributed by atoms with Crippen molar-refractivity contribution in [3.05, 3.63) is 88.6 Å². The molecule has 0 saturated carbocycles. The van der Waals surface area contributed by atoms with E-state index in [1.54, 1.807) is 26.5 Å². The van der Waals surface area contributed by atoms with E-state index in [-0.39, 0.29) is 12.1 Å². The predicted octanol–water partition coefficient (Wildman–Crippen LogP) is 4.35. The quantitative estimate of drug-likeness (QED) is 0.728. The van der Waals surface area contributed by atoms with E-state index in [1.807, 2.05) is 30.3 Å². The lowest BCUT2D eigenvalue weighted by Crippen LogP contribution is -2.34. The molecule has 0 bridgehead atoms. The summed E-state index contributed by atoms with van der Waals surface area (Å²) >= 11 is 0. The zero-order valence-corrected chi connectivity index (χ0v) is 15.6. The van der Waals surface area contributed by atoms with E-state index in [9.17, 15) is 8.78 Å². The van der Waals surface area contributed by atoms with Crippen LogP contribution in [0.4, 0.5) is 8.78 Å². The molecule has 1 N–H and O–H groups in total. The summed E-state index contributed by atoms with van der Waals surface area (Å²) in [5.41, 5.74) is 3.64. The first-order valence-corrected chi connectivity index (χ1v) is 8.97. The minimum atomic E-state index is -0.865. The van der Waals surface area contributed by atoms with E-state index in [0.29, 0.717) is 17.9 Å². The highest BCUT2D eigenvalue weighted by atomic mass is 19.2. The van der Waals surface area contributed by atoms with Gasteiger partial charge in [-0.2, -0.15) is 0 Å². The van der Waals surface area contributed by atoms with Gasteiger partial charge in [0.1, 0.15) is 5.75 Å². The van der Waals surface area contributed by atoms with Crippen LogP contribution in [0.1, 0.15) is 34.3 Å². The molecule has 0 amide bonds. The SMILES string of the molecule is COc1ccc2c(c1)C[C@@H](c1cccnc1OC)N[C@H]2c1ccc(F)c(F)c1. The van der Waals surface area contributed by atoms with Crippen molar-refractivity contribution in [1.29, 1.82) is 0 Å². The van der Waals surface area contributed by atoms with Gasteiger partial charge in [-0.15, -0.1) is 0 Å². The number of nitrogens with one attached hydrogen (secondary N) is 1. The second kappa shape index (κ2) is 7.56. The van der Waals surface area contributed by atoms with Crippen molar-refractivity contribution in [2.24, 2.45) is 0 Å². The smallest absolute Gasteiger partial charge is 0.217 e. The number of methoxy groups -OCH3 is 2. The third kappa shape index (κ3) is 3.31. The molecule has 0 saturated heterocycles. The third-order valence-corrected chi connectivity index (χ3v) is 5.10. The van der Waals surface area contributed by atoms with Gasteiger partial charge >= 0.3 is 0 Å². The first kappa shape index (κ1) is 18.4. The zero-order chi connectivity index (χ0) is 19.7. The number of hydrogen-bond acceptors (Lipinski definition) is 4. The van der Waals surface area contributed by atoms with Crippen LogP contribution in [0, 0.1) is 11.6 Å². The molecule has 0 spiro atoms. The summed E-state index contributed by atoms with van der Waals surface area (Å²) in [6.45, 7) is 0. The molecule has 4 nitrogen and oxygen atoms in total. The van der Waals surface area contributed by atoms with Crippen molar-refractivity contribution in [1.82, 2.24) is 10.3 Å². The fraction of sp³-hybridized carbons (Fsp3) is 0.227. The van der Waals surface area contributed by atoms with Crippen LogP contribution in [0.2, 0.25) is 0 Å². The Hall–Kier alpha value is -2.99. The number of rotatable bonds is 4. The summed E-state index contributed by atoms with van der Waals surface area (Å²) in [5.74, 6) is -0.438.